The summed E-state index contributed by atoms with van der Waals surface area (Å²) < 4.78 is 0. The molecule has 0 amide bonds. The highest BCUT2D eigenvalue weighted by atomic mass is 15.2. The second kappa shape index (κ2) is 7.06. The van der Waals surface area contributed by atoms with Crippen LogP contribution in [0.1, 0.15) is 50.6 Å². The van der Waals surface area contributed by atoms with E-state index >= 15 is 0 Å². The lowest BCUT2D eigenvalue weighted by molar-refractivity contribution is 0.137. The first kappa shape index (κ1) is 14.5. The Kier molecular flexibility index (Phi) is 5.41. The van der Waals surface area contributed by atoms with Crippen LogP contribution in [0.15, 0.2) is 30.3 Å². The average molecular weight is 260 g/mol. The fourth-order valence-electron chi connectivity index (χ4n) is 3.58. The maximum atomic E-state index is 3.53. The third-order valence-electron chi connectivity index (χ3n) is 4.70. The first-order valence-electron chi connectivity index (χ1n) is 7.72. The van der Waals surface area contributed by atoms with Crippen molar-refractivity contribution in [1.82, 2.24) is 10.2 Å². The Bertz CT molecular complexity index is 357. The van der Waals surface area contributed by atoms with Crippen molar-refractivity contribution >= 4 is 0 Å². The lowest BCUT2D eigenvalue weighted by Gasteiger charge is -2.38. The van der Waals surface area contributed by atoms with Crippen molar-refractivity contribution in [3.8, 4) is 0 Å². The number of hydrogen-bond acceptors (Lipinski definition) is 2. The molecule has 0 heterocycles. The van der Waals surface area contributed by atoms with Crippen LogP contribution < -0.4 is 5.32 Å². The van der Waals surface area contributed by atoms with Crippen molar-refractivity contribution in [2.24, 2.45) is 0 Å². The second-order valence-electron chi connectivity index (χ2n) is 5.76. The van der Waals surface area contributed by atoms with Gasteiger partial charge in [-0.1, -0.05) is 50.1 Å². The molecule has 0 saturated heterocycles. The molecule has 106 valence electrons. The molecule has 2 rings (SSSR count). The topological polar surface area (TPSA) is 15.3 Å². The molecule has 1 aromatic carbocycles. The SMILES string of the molecule is CCC(C(NC)c1ccccc1)N(C)C1CCCC1. The smallest absolute Gasteiger partial charge is 0.0475 e. The minimum atomic E-state index is 0.428. The third kappa shape index (κ3) is 3.37. The minimum Gasteiger partial charge on any atom is -0.312 e. The van der Waals surface area contributed by atoms with Gasteiger partial charge in [-0.2, -0.15) is 0 Å². The Morgan fingerprint density at radius 1 is 1.21 bits per heavy atom. The van der Waals surface area contributed by atoms with Crippen molar-refractivity contribution < 1.29 is 0 Å². The van der Waals surface area contributed by atoms with E-state index < -0.39 is 0 Å². The van der Waals surface area contributed by atoms with Gasteiger partial charge in [0, 0.05) is 18.1 Å². The molecule has 0 spiro atoms. The van der Waals surface area contributed by atoms with Crippen molar-refractivity contribution in [3.63, 3.8) is 0 Å². The largest absolute Gasteiger partial charge is 0.312 e. The molecule has 1 aliphatic carbocycles. The zero-order chi connectivity index (χ0) is 13.7. The van der Waals surface area contributed by atoms with Gasteiger partial charge in [0.15, 0.2) is 0 Å². The van der Waals surface area contributed by atoms with Crippen molar-refractivity contribution in [2.75, 3.05) is 14.1 Å². The van der Waals surface area contributed by atoms with Gasteiger partial charge in [-0.3, -0.25) is 4.90 Å². The summed E-state index contributed by atoms with van der Waals surface area (Å²) in [5.41, 5.74) is 1.40. The van der Waals surface area contributed by atoms with Crippen LogP contribution in [-0.2, 0) is 0 Å². The number of hydrogen-bond donors (Lipinski definition) is 1. The van der Waals surface area contributed by atoms with Crippen LogP contribution in [0.25, 0.3) is 0 Å². The monoisotopic (exact) mass is 260 g/mol. The highest BCUT2D eigenvalue weighted by Gasteiger charge is 2.29. The van der Waals surface area contributed by atoms with Crippen LogP contribution in [0.5, 0.6) is 0 Å². The maximum absolute atomic E-state index is 3.53. The molecule has 0 aliphatic heterocycles. The molecule has 1 aliphatic rings. The summed E-state index contributed by atoms with van der Waals surface area (Å²) in [4.78, 5) is 2.63. The van der Waals surface area contributed by atoms with E-state index in [4.69, 9.17) is 0 Å². The van der Waals surface area contributed by atoms with E-state index in [0.29, 0.717) is 12.1 Å². The Labute approximate surface area is 118 Å². The van der Waals surface area contributed by atoms with Gasteiger partial charge in [0.2, 0.25) is 0 Å². The van der Waals surface area contributed by atoms with Gasteiger partial charge >= 0.3 is 0 Å². The van der Waals surface area contributed by atoms with E-state index in [9.17, 15) is 0 Å². The molecular formula is C17H28N2. The van der Waals surface area contributed by atoms with E-state index in [0.717, 1.165) is 6.04 Å². The molecule has 1 N–H and O–H groups in total. The van der Waals surface area contributed by atoms with E-state index in [-0.39, 0.29) is 0 Å². The fraction of sp³-hybridized carbons (Fsp3) is 0.647. The van der Waals surface area contributed by atoms with E-state index in [1.807, 2.05) is 0 Å². The Hall–Kier alpha value is -0.860. The first-order chi connectivity index (χ1) is 9.27. The molecule has 2 unspecified atom stereocenters. The van der Waals surface area contributed by atoms with Gasteiger partial charge in [-0.05, 0) is 38.9 Å². The fourth-order valence-corrected chi connectivity index (χ4v) is 3.58. The summed E-state index contributed by atoms with van der Waals surface area (Å²) in [5, 5.41) is 3.53. The molecule has 0 aromatic heterocycles. The van der Waals surface area contributed by atoms with Gasteiger partial charge in [-0.25, -0.2) is 0 Å². The Balaban J connectivity index is 2.13. The lowest BCUT2D eigenvalue weighted by atomic mass is 9.95. The van der Waals surface area contributed by atoms with Crippen LogP contribution in [0.4, 0.5) is 0 Å². The summed E-state index contributed by atoms with van der Waals surface area (Å²) in [7, 11) is 4.40. The quantitative estimate of drug-likeness (QED) is 0.840. The second-order valence-corrected chi connectivity index (χ2v) is 5.76. The van der Waals surface area contributed by atoms with Crippen molar-refractivity contribution in [3.05, 3.63) is 35.9 Å². The maximum Gasteiger partial charge on any atom is 0.0475 e. The minimum absolute atomic E-state index is 0.428. The van der Waals surface area contributed by atoms with Crippen LogP contribution in [0.2, 0.25) is 0 Å². The van der Waals surface area contributed by atoms with E-state index in [2.05, 4.69) is 61.6 Å². The third-order valence-corrected chi connectivity index (χ3v) is 4.70. The van der Waals surface area contributed by atoms with Crippen LogP contribution in [-0.4, -0.2) is 31.1 Å². The van der Waals surface area contributed by atoms with Gasteiger partial charge in [-0.15, -0.1) is 0 Å². The van der Waals surface area contributed by atoms with Crippen molar-refractivity contribution in [1.29, 1.82) is 0 Å². The number of nitrogens with one attached hydrogen (secondary N) is 1. The molecule has 0 radical (unpaired) electrons. The Morgan fingerprint density at radius 2 is 1.84 bits per heavy atom. The molecule has 1 fully saturated rings. The van der Waals surface area contributed by atoms with Crippen molar-refractivity contribution in [2.45, 2.75) is 57.2 Å². The van der Waals surface area contributed by atoms with Gasteiger partial charge in [0.25, 0.3) is 0 Å². The number of nitrogens with zero attached hydrogens (tertiary/aromatic N) is 1. The average Bonchev–Trinajstić information content (AvgIpc) is 2.99. The molecule has 19 heavy (non-hydrogen) atoms. The molecule has 2 nitrogen and oxygen atoms in total. The number of rotatable bonds is 6. The molecule has 0 bridgehead atoms. The summed E-state index contributed by atoms with van der Waals surface area (Å²) in [6.45, 7) is 2.31. The number of benzene rings is 1. The summed E-state index contributed by atoms with van der Waals surface area (Å²) in [6.07, 6.45) is 6.74. The van der Waals surface area contributed by atoms with E-state index in [1.54, 1.807) is 0 Å². The van der Waals surface area contributed by atoms with Crippen LogP contribution in [0.3, 0.4) is 0 Å². The molecular weight excluding hydrogens is 232 g/mol. The predicted molar refractivity (Wildman–Crippen MR) is 82.3 cm³/mol. The normalized spacial score (nSPS) is 19.8. The van der Waals surface area contributed by atoms with Crippen LogP contribution >= 0.6 is 0 Å². The predicted octanol–water partition coefficient (Wildman–Crippen LogP) is 3.60. The summed E-state index contributed by atoms with van der Waals surface area (Å²) in [5.74, 6) is 0. The highest BCUT2D eigenvalue weighted by Crippen LogP contribution is 2.29. The lowest BCUT2D eigenvalue weighted by Crippen LogP contribution is -2.45. The molecule has 1 saturated carbocycles. The van der Waals surface area contributed by atoms with Crippen LogP contribution in [0, 0.1) is 0 Å². The zero-order valence-corrected chi connectivity index (χ0v) is 12.6. The standard InChI is InChI=1S/C17H28N2/c1-4-16(19(3)15-12-8-9-13-15)17(18-2)14-10-6-5-7-11-14/h5-7,10-11,15-18H,4,8-9,12-13H2,1-3H3. The summed E-state index contributed by atoms with van der Waals surface area (Å²) in [6, 6.07) is 12.7. The first-order valence-corrected chi connectivity index (χ1v) is 7.72. The highest BCUT2D eigenvalue weighted by molar-refractivity contribution is 5.20. The molecule has 2 atom stereocenters. The van der Waals surface area contributed by atoms with Gasteiger partial charge < -0.3 is 5.32 Å². The molecule has 1 aromatic rings. The zero-order valence-electron chi connectivity index (χ0n) is 12.6. The summed E-state index contributed by atoms with van der Waals surface area (Å²) >= 11 is 0. The van der Waals surface area contributed by atoms with Gasteiger partial charge in [0.05, 0.1) is 0 Å². The number of likely N-dealkylation sites (N-methyl/N-ethyl adjacent to an activating group) is 2. The van der Waals surface area contributed by atoms with Gasteiger partial charge in [0.1, 0.15) is 0 Å². The molecule has 2 heteroatoms. The van der Waals surface area contributed by atoms with E-state index in [1.165, 1.54) is 37.7 Å². The Morgan fingerprint density at radius 3 is 2.37 bits per heavy atom.